The molecule has 6 rings (SSSR count). The predicted octanol–water partition coefficient (Wildman–Crippen LogP) is 5.51. The summed E-state index contributed by atoms with van der Waals surface area (Å²) in [5, 5.41) is 10.4. The van der Waals surface area contributed by atoms with Crippen LogP contribution in [0, 0.1) is 0 Å². The Hall–Kier alpha value is -3.23. The minimum atomic E-state index is -3.25. The Bertz CT molecular complexity index is 1260. The Morgan fingerprint density at radius 3 is 2.12 bits per heavy atom. The van der Waals surface area contributed by atoms with Gasteiger partial charge in [0.25, 0.3) is 0 Å². The maximum atomic E-state index is 15.6. The average molecular weight is 438 g/mol. The number of azo groups is 1. The Morgan fingerprint density at radius 2 is 1.50 bits per heavy atom. The van der Waals surface area contributed by atoms with Gasteiger partial charge in [-0.2, -0.15) is 10.2 Å². The first kappa shape index (κ1) is 19.5. The standard InChI is InChI=1S/C27H23N2O2P/c1-2-17-31-24-18-23-21-15-9-10-16-22(21)25-26(24)28-29-27(23,25)32(30,19-11-5-3-6-12-19)20-13-7-4-8-14-20/h2-16,18,23,25-26H,1,17H2. The van der Waals surface area contributed by atoms with Gasteiger partial charge in [0.05, 0.1) is 5.92 Å². The summed E-state index contributed by atoms with van der Waals surface area (Å²) in [6.45, 7) is 4.19. The second-order valence-electron chi connectivity index (χ2n) is 8.48. The summed E-state index contributed by atoms with van der Waals surface area (Å²) in [6, 6.07) is 27.7. The number of hydrogen-bond acceptors (Lipinski definition) is 4. The molecular formula is C27H23N2O2P. The van der Waals surface area contributed by atoms with E-state index in [9.17, 15) is 0 Å². The van der Waals surface area contributed by atoms with Crippen LogP contribution in [0.2, 0.25) is 0 Å². The largest absolute Gasteiger partial charge is 0.492 e. The molecule has 5 heteroatoms. The van der Waals surface area contributed by atoms with Crippen LogP contribution < -0.4 is 10.6 Å². The highest BCUT2D eigenvalue weighted by molar-refractivity contribution is 7.80. The first-order valence-corrected chi connectivity index (χ1v) is 12.6. The molecule has 0 aromatic heterocycles. The molecule has 3 aromatic rings. The number of rotatable bonds is 6. The van der Waals surface area contributed by atoms with Crippen molar-refractivity contribution in [2.45, 2.75) is 23.2 Å². The van der Waals surface area contributed by atoms with Crippen molar-refractivity contribution in [2.24, 2.45) is 10.2 Å². The van der Waals surface area contributed by atoms with Crippen LogP contribution in [0.1, 0.15) is 23.0 Å². The van der Waals surface area contributed by atoms with E-state index in [0.29, 0.717) is 6.61 Å². The molecule has 4 unspecified atom stereocenters. The molecule has 0 spiro atoms. The summed E-state index contributed by atoms with van der Waals surface area (Å²) in [6.07, 6.45) is 3.86. The van der Waals surface area contributed by atoms with Crippen LogP contribution in [0.3, 0.4) is 0 Å². The third-order valence-corrected chi connectivity index (χ3v) is 10.7. The fourth-order valence-corrected chi connectivity index (χ4v) is 9.52. The predicted molar refractivity (Wildman–Crippen MR) is 127 cm³/mol. The van der Waals surface area contributed by atoms with Crippen LogP contribution in [0.25, 0.3) is 0 Å². The van der Waals surface area contributed by atoms with E-state index in [1.54, 1.807) is 6.08 Å². The summed E-state index contributed by atoms with van der Waals surface area (Å²) < 4.78 is 21.6. The van der Waals surface area contributed by atoms with Gasteiger partial charge in [0.1, 0.15) is 18.4 Å². The molecule has 0 saturated carbocycles. The smallest absolute Gasteiger partial charge is 0.172 e. The number of benzene rings is 3. The average Bonchev–Trinajstić information content (AvgIpc) is 3.27. The number of hydrogen-bond donors (Lipinski definition) is 0. The lowest BCUT2D eigenvalue weighted by molar-refractivity contribution is 0.209. The van der Waals surface area contributed by atoms with Gasteiger partial charge in [-0.3, -0.25) is 0 Å². The molecule has 32 heavy (non-hydrogen) atoms. The molecule has 0 radical (unpaired) electrons. The second-order valence-corrected chi connectivity index (χ2v) is 11.4. The fourth-order valence-electron chi connectivity index (χ4n) is 5.76. The topological polar surface area (TPSA) is 51.0 Å². The van der Waals surface area contributed by atoms with Crippen LogP contribution in [0.4, 0.5) is 0 Å². The van der Waals surface area contributed by atoms with Crippen molar-refractivity contribution in [3.8, 4) is 0 Å². The third kappa shape index (κ3) is 2.36. The van der Waals surface area contributed by atoms with Gasteiger partial charge in [-0.25, -0.2) is 0 Å². The zero-order valence-electron chi connectivity index (χ0n) is 17.5. The van der Waals surface area contributed by atoms with Gasteiger partial charge in [0.2, 0.25) is 0 Å². The maximum absolute atomic E-state index is 15.6. The van der Waals surface area contributed by atoms with Crippen LogP contribution >= 0.6 is 7.14 Å². The molecule has 4 atom stereocenters. The van der Waals surface area contributed by atoms with Gasteiger partial charge in [-0.05, 0) is 17.2 Å². The van der Waals surface area contributed by atoms with Crippen molar-refractivity contribution in [3.63, 3.8) is 0 Å². The van der Waals surface area contributed by atoms with Crippen molar-refractivity contribution < 1.29 is 9.30 Å². The normalized spacial score (nSPS) is 27.0. The quantitative estimate of drug-likeness (QED) is 0.376. The van der Waals surface area contributed by atoms with Crippen molar-refractivity contribution >= 4 is 17.8 Å². The van der Waals surface area contributed by atoms with Crippen LogP contribution in [-0.2, 0) is 9.30 Å². The summed E-state index contributed by atoms with van der Waals surface area (Å²) in [7, 11) is -3.25. The number of fused-ring (bicyclic) bond motifs is 2. The molecule has 4 bridgehead atoms. The zero-order chi connectivity index (χ0) is 21.8. The lowest BCUT2D eigenvalue weighted by atomic mass is 9.83. The Morgan fingerprint density at radius 1 is 0.906 bits per heavy atom. The van der Waals surface area contributed by atoms with E-state index in [2.05, 4.69) is 24.8 Å². The second kappa shape index (κ2) is 7.15. The molecule has 0 N–H and O–H groups in total. The van der Waals surface area contributed by atoms with Gasteiger partial charge >= 0.3 is 0 Å². The third-order valence-electron chi connectivity index (χ3n) is 6.97. The molecule has 4 nitrogen and oxygen atoms in total. The highest BCUT2D eigenvalue weighted by atomic mass is 31.2. The van der Waals surface area contributed by atoms with Crippen molar-refractivity contribution in [1.29, 1.82) is 0 Å². The molecule has 3 aliphatic rings. The molecule has 2 aliphatic carbocycles. The van der Waals surface area contributed by atoms with Gasteiger partial charge < -0.3 is 9.30 Å². The minimum Gasteiger partial charge on any atom is -0.492 e. The summed E-state index contributed by atoms with van der Waals surface area (Å²) in [4.78, 5) is 0. The molecule has 3 aromatic carbocycles. The Kier molecular flexibility index (Phi) is 4.34. The van der Waals surface area contributed by atoms with E-state index in [4.69, 9.17) is 15.0 Å². The van der Waals surface area contributed by atoms with E-state index in [1.165, 1.54) is 11.1 Å². The first-order chi connectivity index (χ1) is 15.7. The molecule has 1 aliphatic heterocycles. The SMILES string of the molecule is C=CCOC1=CC2c3ccccc3C3C1N=NC23P(=O)(c1ccccc1)c1ccccc1. The van der Waals surface area contributed by atoms with Crippen LogP contribution in [0.15, 0.2) is 120 Å². The summed E-state index contributed by atoms with van der Waals surface area (Å²) in [5.74, 6) is 0.484. The highest BCUT2D eigenvalue weighted by Gasteiger charge is 2.71. The monoisotopic (exact) mass is 438 g/mol. The first-order valence-electron chi connectivity index (χ1n) is 10.9. The molecule has 0 saturated heterocycles. The lowest BCUT2D eigenvalue weighted by Gasteiger charge is -2.42. The highest BCUT2D eigenvalue weighted by Crippen LogP contribution is 2.76. The summed E-state index contributed by atoms with van der Waals surface area (Å²) in [5.41, 5.74) is 2.35. The zero-order valence-corrected chi connectivity index (χ0v) is 18.4. The van der Waals surface area contributed by atoms with Gasteiger partial charge in [0, 0.05) is 16.5 Å². The Balaban J connectivity index is 1.65. The fraction of sp³-hybridized carbons (Fsp3) is 0.185. The van der Waals surface area contributed by atoms with Crippen molar-refractivity contribution in [2.75, 3.05) is 6.61 Å². The maximum Gasteiger partial charge on any atom is 0.172 e. The molecule has 158 valence electrons. The Labute approximate surface area is 187 Å². The number of ether oxygens (including phenoxy) is 1. The molecule has 1 heterocycles. The van der Waals surface area contributed by atoms with Gasteiger partial charge in [-0.1, -0.05) is 97.6 Å². The molecule has 0 amide bonds. The van der Waals surface area contributed by atoms with Gasteiger partial charge in [0.15, 0.2) is 12.4 Å². The number of nitrogens with zero attached hydrogens (tertiary/aromatic N) is 2. The van der Waals surface area contributed by atoms with E-state index < -0.39 is 12.4 Å². The lowest BCUT2D eigenvalue weighted by Crippen LogP contribution is -2.45. The van der Waals surface area contributed by atoms with Crippen molar-refractivity contribution in [1.82, 2.24) is 0 Å². The molecule has 0 fully saturated rings. The summed E-state index contributed by atoms with van der Waals surface area (Å²) >= 11 is 0. The van der Waals surface area contributed by atoms with E-state index in [0.717, 1.165) is 16.4 Å². The van der Waals surface area contributed by atoms with E-state index >= 15 is 4.57 Å². The van der Waals surface area contributed by atoms with Crippen LogP contribution in [-0.4, -0.2) is 17.9 Å². The molecular weight excluding hydrogens is 415 g/mol. The van der Waals surface area contributed by atoms with Gasteiger partial charge in [-0.15, -0.1) is 0 Å². The van der Waals surface area contributed by atoms with Crippen LogP contribution in [0.5, 0.6) is 0 Å². The minimum absolute atomic E-state index is 0.139. The van der Waals surface area contributed by atoms with E-state index in [1.807, 2.05) is 72.8 Å². The van der Waals surface area contributed by atoms with E-state index in [-0.39, 0.29) is 17.9 Å². The van der Waals surface area contributed by atoms with Crippen molar-refractivity contribution in [3.05, 3.63) is 121 Å².